The van der Waals surface area contributed by atoms with Crippen LogP contribution in [0.2, 0.25) is 0 Å². The smallest absolute Gasteiger partial charge is 0.147 e. The fourth-order valence-corrected chi connectivity index (χ4v) is 2.37. The Balaban J connectivity index is 2.40. The number of halogens is 3. The summed E-state index contributed by atoms with van der Waals surface area (Å²) in [5.41, 5.74) is 1.39. The molecule has 1 atom stereocenters. The van der Waals surface area contributed by atoms with Gasteiger partial charge in [-0.15, -0.1) is 11.6 Å². The number of benzene rings is 2. The van der Waals surface area contributed by atoms with E-state index in [0.29, 0.717) is 22.5 Å². The van der Waals surface area contributed by atoms with Crippen LogP contribution in [0.5, 0.6) is 0 Å². The predicted octanol–water partition coefficient (Wildman–Crippen LogP) is 4.60. The van der Waals surface area contributed by atoms with Gasteiger partial charge in [-0.2, -0.15) is 0 Å². The van der Waals surface area contributed by atoms with Crippen molar-refractivity contribution in [3.63, 3.8) is 0 Å². The number of alkyl halides is 1. The number of imidazole rings is 1. The monoisotopic (exact) mass is 292 g/mol. The summed E-state index contributed by atoms with van der Waals surface area (Å²) in [6, 6.07) is 10.5. The zero-order valence-electron chi connectivity index (χ0n) is 10.6. The van der Waals surface area contributed by atoms with Crippen molar-refractivity contribution in [2.75, 3.05) is 0 Å². The first kappa shape index (κ1) is 13.1. The molecule has 0 N–H and O–H groups in total. The van der Waals surface area contributed by atoms with Gasteiger partial charge in [0.1, 0.15) is 17.5 Å². The molecule has 20 heavy (non-hydrogen) atoms. The van der Waals surface area contributed by atoms with Crippen LogP contribution in [0.25, 0.3) is 16.7 Å². The van der Waals surface area contributed by atoms with Crippen LogP contribution in [0.1, 0.15) is 18.1 Å². The van der Waals surface area contributed by atoms with Gasteiger partial charge in [0.2, 0.25) is 0 Å². The van der Waals surface area contributed by atoms with Crippen LogP contribution in [0.15, 0.2) is 42.5 Å². The third-order valence-electron chi connectivity index (χ3n) is 3.09. The molecule has 5 heteroatoms. The molecule has 0 bridgehead atoms. The van der Waals surface area contributed by atoms with Crippen molar-refractivity contribution >= 4 is 22.6 Å². The van der Waals surface area contributed by atoms with Crippen LogP contribution in [0.3, 0.4) is 0 Å². The molecule has 0 fully saturated rings. The molecule has 2 aromatic carbocycles. The van der Waals surface area contributed by atoms with Gasteiger partial charge in [-0.1, -0.05) is 12.1 Å². The molecule has 0 aliphatic heterocycles. The van der Waals surface area contributed by atoms with E-state index in [2.05, 4.69) is 4.98 Å². The Labute approximate surface area is 119 Å². The summed E-state index contributed by atoms with van der Waals surface area (Å²) in [6.07, 6.45) is 0. The van der Waals surface area contributed by atoms with Crippen molar-refractivity contribution in [1.29, 1.82) is 0 Å². The van der Waals surface area contributed by atoms with Crippen LogP contribution in [0.4, 0.5) is 8.78 Å². The lowest BCUT2D eigenvalue weighted by Crippen LogP contribution is -2.04. The van der Waals surface area contributed by atoms with Gasteiger partial charge < -0.3 is 0 Å². The molecule has 1 unspecified atom stereocenters. The molecule has 0 saturated carbocycles. The van der Waals surface area contributed by atoms with Gasteiger partial charge >= 0.3 is 0 Å². The average Bonchev–Trinajstić information content (AvgIpc) is 2.78. The highest BCUT2D eigenvalue weighted by Crippen LogP contribution is 2.29. The third-order valence-corrected chi connectivity index (χ3v) is 3.29. The largest absolute Gasteiger partial charge is 0.292 e. The Morgan fingerprint density at radius 1 is 1.15 bits per heavy atom. The molecule has 0 saturated heterocycles. The van der Waals surface area contributed by atoms with E-state index in [1.165, 1.54) is 18.2 Å². The van der Waals surface area contributed by atoms with Crippen molar-refractivity contribution in [3.05, 3.63) is 59.9 Å². The Kier molecular flexibility index (Phi) is 3.18. The van der Waals surface area contributed by atoms with Gasteiger partial charge in [0.25, 0.3) is 0 Å². The summed E-state index contributed by atoms with van der Waals surface area (Å²) in [5, 5.41) is -0.426. The molecular weight excluding hydrogens is 282 g/mol. The summed E-state index contributed by atoms with van der Waals surface area (Å²) in [7, 11) is 0. The zero-order valence-corrected chi connectivity index (χ0v) is 11.4. The number of hydrogen-bond donors (Lipinski definition) is 0. The van der Waals surface area contributed by atoms with Gasteiger partial charge in [-0.05, 0) is 31.2 Å². The van der Waals surface area contributed by atoms with Crippen LogP contribution >= 0.6 is 11.6 Å². The first-order valence-electron chi connectivity index (χ1n) is 6.15. The van der Waals surface area contributed by atoms with Crippen molar-refractivity contribution < 1.29 is 8.78 Å². The highest BCUT2D eigenvalue weighted by Gasteiger charge is 2.18. The molecule has 1 heterocycles. The van der Waals surface area contributed by atoms with Gasteiger partial charge in [0.15, 0.2) is 0 Å². The number of rotatable bonds is 2. The minimum absolute atomic E-state index is 0.308. The highest BCUT2D eigenvalue weighted by atomic mass is 35.5. The second kappa shape index (κ2) is 4.87. The maximum Gasteiger partial charge on any atom is 0.147 e. The number of nitrogens with zero attached hydrogens (tertiary/aromatic N) is 2. The Morgan fingerprint density at radius 2 is 1.90 bits per heavy atom. The minimum Gasteiger partial charge on any atom is -0.292 e. The van der Waals surface area contributed by atoms with E-state index in [1.807, 2.05) is 0 Å². The molecule has 1 aromatic heterocycles. The van der Waals surface area contributed by atoms with Crippen LogP contribution < -0.4 is 0 Å². The molecule has 2 nitrogen and oxygen atoms in total. The molecule has 3 aromatic rings. The maximum absolute atomic E-state index is 14.0. The van der Waals surface area contributed by atoms with Crippen molar-refractivity contribution in [2.45, 2.75) is 12.3 Å². The fraction of sp³-hybridized carbons (Fsp3) is 0.133. The maximum atomic E-state index is 14.0. The van der Waals surface area contributed by atoms with Crippen LogP contribution in [-0.4, -0.2) is 9.55 Å². The Hall–Kier alpha value is -1.94. The molecule has 0 spiro atoms. The van der Waals surface area contributed by atoms with Gasteiger partial charge in [-0.25, -0.2) is 13.8 Å². The standard InChI is InChI=1S/C15H11ClF2N2/c1-9(16)15-19-12-7-6-10(17)8-14(12)20(15)13-5-3-2-4-11(13)18/h2-9H,1H3. The SMILES string of the molecule is CC(Cl)c1nc2ccc(F)cc2n1-c1ccccc1F. The summed E-state index contributed by atoms with van der Waals surface area (Å²) < 4.78 is 29.1. The number of para-hydroxylation sites is 1. The minimum atomic E-state index is -0.426. The fourth-order valence-electron chi connectivity index (χ4n) is 2.22. The molecule has 0 aliphatic rings. The molecule has 0 aliphatic carbocycles. The van der Waals surface area contributed by atoms with Crippen molar-refractivity contribution in [3.8, 4) is 5.69 Å². The van der Waals surface area contributed by atoms with E-state index < -0.39 is 17.0 Å². The normalized spacial score (nSPS) is 12.8. The lowest BCUT2D eigenvalue weighted by atomic mass is 10.2. The summed E-state index contributed by atoms with van der Waals surface area (Å²) in [5.74, 6) is -0.323. The number of fused-ring (bicyclic) bond motifs is 1. The average molecular weight is 293 g/mol. The molecule has 0 radical (unpaired) electrons. The van der Waals surface area contributed by atoms with Crippen molar-refractivity contribution in [2.24, 2.45) is 0 Å². The van der Waals surface area contributed by atoms with Crippen molar-refractivity contribution in [1.82, 2.24) is 9.55 Å². The predicted molar refractivity (Wildman–Crippen MR) is 75.3 cm³/mol. The third kappa shape index (κ3) is 2.06. The summed E-state index contributed by atoms with van der Waals surface area (Å²) in [4.78, 5) is 4.37. The van der Waals surface area contributed by atoms with E-state index in [9.17, 15) is 8.78 Å². The highest BCUT2D eigenvalue weighted by molar-refractivity contribution is 6.20. The second-order valence-electron chi connectivity index (χ2n) is 4.51. The van der Waals surface area contributed by atoms with E-state index in [4.69, 9.17) is 11.6 Å². The number of hydrogen-bond acceptors (Lipinski definition) is 1. The Bertz CT molecular complexity index is 781. The molecular formula is C15H11ClF2N2. The summed E-state index contributed by atoms with van der Waals surface area (Å²) >= 11 is 6.12. The zero-order chi connectivity index (χ0) is 14.3. The number of aromatic nitrogens is 2. The second-order valence-corrected chi connectivity index (χ2v) is 5.16. The van der Waals surface area contributed by atoms with E-state index >= 15 is 0 Å². The molecule has 0 amide bonds. The summed E-state index contributed by atoms with van der Waals surface area (Å²) in [6.45, 7) is 1.75. The van der Waals surface area contributed by atoms with Gasteiger partial charge in [-0.3, -0.25) is 4.57 Å². The van der Waals surface area contributed by atoms with Gasteiger partial charge in [0, 0.05) is 6.07 Å². The Morgan fingerprint density at radius 3 is 2.60 bits per heavy atom. The van der Waals surface area contributed by atoms with E-state index in [-0.39, 0.29) is 0 Å². The van der Waals surface area contributed by atoms with Crippen LogP contribution in [0, 0.1) is 11.6 Å². The first-order valence-corrected chi connectivity index (χ1v) is 6.58. The topological polar surface area (TPSA) is 17.8 Å². The quantitative estimate of drug-likeness (QED) is 0.631. The molecule has 3 rings (SSSR count). The van der Waals surface area contributed by atoms with Gasteiger partial charge in [0.05, 0.1) is 22.1 Å². The van der Waals surface area contributed by atoms with E-state index in [1.54, 1.807) is 35.8 Å². The van der Waals surface area contributed by atoms with Crippen LogP contribution in [-0.2, 0) is 0 Å². The van der Waals surface area contributed by atoms with E-state index in [0.717, 1.165) is 0 Å². The lowest BCUT2D eigenvalue weighted by molar-refractivity contribution is 0.615. The lowest BCUT2D eigenvalue weighted by Gasteiger charge is -2.11. The molecule has 102 valence electrons. The first-order chi connectivity index (χ1) is 9.58.